The molecule has 0 atom stereocenters. The fraction of sp³-hybridized carbons (Fsp3) is 0.125. The number of rotatable bonds is 6. The first-order valence-corrected chi connectivity index (χ1v) is 8.06. The minimum absolute atomic E-state index is 0.189. The van der Waals surface area contributed by atoms with Crippen molar-refractivity contribution in [1.82, 2.24) is 5.43 Å². The van der Waals surface area contributed by atoms with Crippen LogP contribution in [0.25, 0.3) is 0 Å². The molecule has 0 aliphatic carbocycles. The summed E-state index contributed by atoms with van der Waals surface area (Å²) in [5.74, 6) is 0.507. The second kappa shape index (κ2) is 8.56. The fourth-order valence-corrected chi connectivity index (χ4v) is 2.63. The molecule has 0 saturated heterocycles. The molecule has 2 aromatic carbocycles. The quantitative estimate of drug-likeness (QED) is 0.643. The maximum Gasteiger partial charge on any atom is 0.250 e. The lowest BCUT2D eigenvalue weighted by atomic mass is 10.2. The molecule has 114 valence electrons. The summed E-state index contributed by atoms with van der Waals surface area (Å²) in [6, 6.07) is 13.4. The molecule has 0 aliphatic rings. The third kappa shape index (κ3) is 5.87. The average molecular weight is 337 g/mol. The van der Waals surface area contributed by atoms with Crippen molar-refractivity contribution >= 4 is 35.5 Å². The van der Waals surface area contributed by atoms with Gasteiger partial charge in [-0.2, -0.15) is 5.10 Å². The van der Waals surface area contributed by atoms with E-state index >= 15 is 0 Å². The molecule has 0 bridgehead atoms. The zero-order chi connectivity index (χ0) is 15.8. The molecule has 0 spiro atoms. The molecule has 1 N–H and O–H groups in total. The summed E-state index contributed by atoms with van der Waals surface area (Å²) >= 11 is 7.37. The Morgan fingerprint density at radius 2 is 2.05 bits per heavy atom. The van der Waals surface area contributed by atoms with Crippen molar-refractivity contribution in [2.75, 3.05) is 5.75 Å². The fourth-order valence-electron chi connectivity index (χ4n) is 1.65. The van der Waals surface area contributed by atoms with Gasteiger partial charge in [0.2, 0.25) is 5.91 Å². The first-order valence-electron chi connectivity index (χ1n) is 6.53. The second-order valence-electron chi connectivity index (χ2n) is 4.47. The van der Waals surface area contributed by atoms with Crippen LogP contribution in [0.15, 0.2) is 53.6 Å². The molecule has 2 aromatic rings. The van der Waals surface area contributed by atoms with Crippen molar-refractivity contribution in [2.24, 2.45) is 5.10 Å². The number of hydrazone groups is 1. The number of thioether (sulfide) groups is 1. The van der Waals surface area contributed by atoms with E-state index in [0.29, 0.717) is 22.1 Å². The van der Waals surface area contributed by atoms with Crippen molar-refractivity contribution in [3.63, 3.8) is 0 Å². The van der Waals surface area contributed by atoms with Crippen LogP contribution in [-0.4, -0.2) is 17.9 Å². The highest BCUT2D eigenvalue weighted by atomic mass is 35.5. The van der Waals surface area contributed by atoms with Crippen molar-refractivity contribution < 1.29 is 9.18 Å². The van der Waals surface area contributed by atoms with Gasteiger partial charge in [0.05, 0.1) is 12.0 Å². The number of benzene rings is 2. The van der Waals surface area contributed by atoms with E-state index in [-0.39, 0.29) is 11.7 Å². The third-order valence-corrected chi connectivity index (χ3v) is 3.90. The normalized spacial score (nSPS) is 10.8. The Hall–Kier alpha value is -1.85. The van der Waals surface area contributed by atoms with Gasteiger partial charge in [0.25, 0.3) is 0 Å². The van der Waals surface area contributed by atoms with Gasteiger partial charge in [0, 0.05) is 10.8 Å². The number of nitrogens with one attached hydrogen (secondary N) is 1. The van der Waals surface area contributed by atoms with E-state index < -0.39 is 0 Å². The Morgan fingerprint density at radius 1 is 1.27 bits per heavy atom. The van der Waals surface area contributed by atoms with E-state index in [2.05, 4.69) is 10.5 Å². The summed E-state index contributed by atoms with van der Waals surface area (Å²) in [5, 5.41) is 4.52. The summed E-state index contributed by atoms with van der Waals surface area (Å²) in [6.45, 7) is 0. The maximum atomic E-state index is 12.7. The first-order chi connectivity index (χ1) is 10.6. The molecule has 0 saturated carbocycles. The molecule has 0 aromatic heterocycles. The minimum atomic E-state index is -0.307. The summed E-state index contributed by atoms with van der Waals surface area (Å²) in [5.41, 5.74) is 4.22. The molecule has 3 nitrogen and oxygen atoms in total. The number of hydrogen-bond donors (Lipinski definition) is 1. The van der Waals surface area contributed by atoms with E-state index in [9.17, 15) is 9.18 Å². The second-order valence-corrected chi connectivity index (χ2v) is 5.89. The van der Waals surface area contributed by atoms with Crippen molar-refractivity contribution in [1.29, 1.82) is 0 Å². The van der Waals surface area contributed by atoms with Crippen LogP contribution < -0.4 is 5.43 Å². The summed E-state index contributed by atoms with van der Waals surface area (Å²) < 4.78 is 12.7. The Morgan fingerprint density at radius 3 is 2.77 bits per heavy atom. The molecule has 6 heteroatoms. The monoisotopic (exact) mass is 336 g/mol. The molecule has 0 radical (unpaired) electrons. The molecule has 0 fully saturated rings. The lowest BCUT2D eigenvalue weighted by Gasteiger charge is -2.02. The van der Waals surface area contributed by atoms with Gasteiger partial charge in [-0.1, -0.05) is 35.9 Å². The van der Waals surface area contributed by atoms with Crippen LogP contribution in [0.1, 0.15) is 11.1 Å². The van der Waals surface area contributed by atoms with Crippen LogP contribution in [0.3, 0.4) is 0 Å². The van der Waals surface area contributed by atoms with E-state index in [1.807, 2.05) is 24.3 Å². The zero-order valence-corrected chi connectivity index (χ0v) is 13.2. The Labute approximate surface area is 137 Å². The van der Waals surface area contributed by atoms with Gasteiger partial charge >= 0.3 is 0 Å². The van der Waals surface area contributed by atoms with Gasteiger partial charge in [0.1, 0.15) is 5.82 Å². The van der Waals surface area contributed by atoms with Crippen LogP contribution in [0.5, 0.6) is 0 Å². The molecule has 1 amide bonds. The minimum Gasteiger partial charge on any atom is -0.272 e. The molecule has 22 heavy (non-hydrogen) atoms. The van der Waals surface area contributed by atoms with Gasteiger partial charge in [0.15, 0.2) is 0 Å². The Kier molecular flexibility index (Phi) is 6.43. The SMILES string of the molecule is O=C(CSCc1cccc(Cl)c1)NN=Cc1ccc(F)cc1. The summed E-state index contributed by atoms with van der Waals surface area (Å²) in [6.07, 6.45) is 1.47. The largest absolute Gasteiger partial charge is 0.272 e. The average Bonchev–Trinajstić information content (AvgIpc) is 2.49. The molecule has 0 heterocycles. The van der Waals surface area contributed by atoms with Crippen LogP contribution in [0.2, 0.25) is 5.02 Å². The number of hydrogen-bond acceptors (Lipinski definition) is 3. The van der Waals surface area contributed by atoms with Gasteiger partial charge in [-0.3, -0.25) is 4.79 Å². The standard InChI is InChI=1S/C16H14ClFN2OS/c17-14-3-1-2-13(8-14)10-22-11-16(21)20-19-9-12-4-6-15(18)7-5-12/h1-9H,10-11H2,(H,20,21). The zero-order valence-electron chi connectivity index (χ0n) is 11.6. The van der Waals surface area contributed by atoms with Crippen molar-refractivity contribution in [3.8, 4) is 0 Å². The predicted octanol–water partition coefficient (Wildman–Crippen LogP) is 3.86. The van der Waals surface area contributed by atoms with E-state index in [1.54, 1.807) is 12.1 Å². The number of carbonyl (C=O) groups excluding carboxylic acids is 1. The Bertz CT molecular complexity index is 661. The number of amides is 1. The number of carbonyl (C=O) groups is 1. The topological polar surface area (TPSA) is 41.5 Å². The third-order valence-electron chi connectivity index (χ3n) is 2.66. The Balaban J connectivity index is 1.70. The molecule has 2 rings (SSSR count). The highest BCUT2D eigenvalue weighted by Gasteiger charge is 2.01. The van der Waals surface area contributed by atoms with Gasteiger partial charge in [-0.15, -0.1) is 11.8 Å². The van der Waals surface area contributed by atoms with E-state index in [4.69, 9.17) is 11.6 Å². The molecular formula is C16H14ClFN2OS. The van der Waals surface area contributed by atoms with Crippen LogP contribution in [0, 0.1) is 5.82 Å². The lowest BCUT2D eigenvalue weighted by Crippen LogP contribution is -2.19. The number of nitrogens with zero attached hydrogens (tertiary/aromatic N) is 1. The maximum absolute atomic E-state index is 12.7. The smallest absolute Gasteiger partial charge is 0.250 e. The highest BCUT2D eigenvalue weighted by molar-refractivity contribution is 7.99. The first kappa shape index (κ1) is 16.5. The van der Waals surface area contributed by atoms with Crippen molar-refractivity contribution in [3.05, 3.63) is 70.5 Å². The lowest BCUT2D eigenvalue weighted by molar-refractivity contribution is -0.118. The van der Waals surface area contributed by atoms with Crippen LogP contribution >= 0.6 is 23.4 Å². The van der Waals surface area contributed by atoms with E-state index in [0.717, 1.165) is 5.56 Å². The summed E-state index contributed by atoms with van der Waals surface area (Å²) in [4.78, 5) is 11.6. The molecule has 0 aliphatic heterocycles. The highest BCUT2D eigenvalue weighted by Crippen LogP contribution is 2.16. The summed E-state index contributed by atoms with van der Waals surface area (Å²) in [7, 11) is 0. The van der Waals surface area contributed by atoms with E-state index in [1.165, 1.54) is 30.1 Å². The predicted molar refractivity (Wildman–Crippen MR) is 89.8 cm³/mol. The van der Waals surface area contributed by atoms with Gasteiger partial charge in [-0.05, 0) is 35.4 Å². The number of halogens is 2. The van der Waals surface area contributed by atoms with Gasteiger partial charge < -0.3 is 0 Å². The van der Waals surface area contributed by atoms with Gasteiger partial charge in [-0.25, -0.2) is 9.82 Å². The molecule has 0 unspecified atom stereocenters. The van der Waals surface area contributed by atoms with Crippen LogP contribution in [0.4, 0.5) is 4.39 Å². The molecular weight excluding hydrogens is 323 g/mol. The van der Waals surface area contributed by atoms with Crippen molar-refractivity contribution in [2.45, 2.75) is 5.75 Å². The van der Waals surface area contributed by atoms with Crippen LogP contribution in [-0.2, 0) is 10.5 Å².